The third-order valence-corrected chi connectivity index (χ3v) is 7.99. The standard InChI is InChI=1S/C20H21N3O3S/c1-2-23-10-14(8-21-23)9-22-11-18-17-7-15(16-5-6-26-13-16)3-4-19(17)27(24,25)20(18)12-22/h3-8,10,13,18,20H,2,9,11-12H2,1H3/t18-,20+/m1/s1. The molecule has 4 heterocycles. The summed E-state index contributed by atoms with van der Waals surface area (Å²) in [5.74, 6) is 0.0260. The lowest BCUT2D eigenvalue weighted by atomic mass is 9.95. The van der Waals surface area contributed by atoms with Crippen molar-refractivity contribution in [1.29, 1.82) is 0 Å². The molecule has 1 saturated heterocycles. The van der Waals surface area contributed by atoms with Crippen molar-refractivity contribution in [3.8, 4) is 11.1 Å². The summed E-state index contributed by atoms with van der Waals surface area (Å²) in [6, 6.07) is 7.57. The van der Waals surface area contributed by atoms with Gasteiger partial charge in [0.05, 0.1) is 28.9 Å². The van der Waals surface area contributed by atoms with Gasteiger partial charge in [-0.25, -0.2) is 8.42 Å². The van der Waals surface area contributed by atoms with Gasteiger partial charge in [0.1, 0.15) is 0 Å². The Morgan fingerprint density at radius 3 is 2.85 bits per heavy atom. The smallest absolute Gasteiger partial charge is 0.183 e. The SMILES string of the molecule is CCn1cc(CN2C[C@@H]3c4cc(-c5ccoc5)ccc4S(=O)(=O)[C@H]3C2)cn1. The molecule has 0 saturated carbocycles. The first-order chi connectivity index (χ1) is 13.1. The summed E-state index contributed by atoms with van der Waals surface area (Å²) in [6.07, 6.45) is 7.23. The molecule has 27 heavy (non-hydrogen) atoms. The molecule has 0 N–H and O–H groups in total. The van der Waals surface area contributed by atoms with Gasteiger partial charge in [0, 0.05) is 49.4 Å². The molecule has 2 aliphatic rings. The molecule has 2 aromatic heterocycles. The van der Waals surface area contributed by atoms with E-state index >= 15 is 0 Å². The molecule has 0 radical (unpaired) electrons. The highest BCUT2D eigenvalue weighted by molar-refractivity contribution is 7.92. The zero-order chi connectivity index (χ0) is 18.6. The summed E-state index contributed by atoms with van der Waals surface area (Å²) in [6.45, 7) is 4.95. The number of rotatable bonds is 4. The Morgan fingerprint density at radius 2 is 2.11 bits per heavy atom. The molecule has 7 heteroatoms. The molecular weight excluding hydrogens is 362 g/mol. The average molecular weight is 383 g/mol. The molecule has 2 aliphatic heterocycles. The van der Waals surface area contributed by atoms with E-state index in [4.69, 9.17) is 4.42 Å². The van der Waals surface area contributed by atoms with Crippen molar-refractivity contribution in [3.63, 3.8) is 0 Å². The Labute approximate surface area is 158 Å². The van der Waals surface area contributed by atoms with Crippen molar-refractivity contribution < 1.29 is 12.8 Å². The van der Waals surface area contributed by atoms with E-state index in [0.717, 1.165) is 41.9 Å². The lowest BCUT2D eigenvalue weighted by Crippen LogP contribution is -2.25. The van der Waals surface area contributed by atoms with E-state index in [1.54, 1.807) is 18.6 Å². The summed E-state index contributed by atoms with van der Waals surface area (Å²) in [7, 11) is -3.28. The lowest BCUT2D eigenvalue weighted by molar-refractivity contribution is 0.325. The fourth-order valence-electron chi connectivity index (χ4n) is 4.38. The van der Waals surface area contributed by atoms with E-state index in [2.05, 4.69) is 16.9 Å². The van der Waals surface area contributed by atoms with Crippen molar-refractivity contribution in [2.24, 2.45) is 0 Å². The van der Waals surface area contributed by atoms with E-state index < -0.39 is 9.84 Å². The molecule has 0 aliphatic carbocycles. The monoisotopic (exact) mass is 383 g/mol. The zero-order valence-corrected chi connectivity index (χ0v) is 15.9. The first kappa shape index (κ1) is 16.8. The Kier molecular flexibility index (Phi) is 3.77. The van der Waals surface area contributed by atoms with Gasteiger partial charge in [-0.05, 0) is 36.2 Å². The van der Waals surface area contributed by atoms with Gasteiger partial charge in [0.25, 0.3) is 0 Å². The van der Waals surface area contributed by atoms with Crippen molar-refractivity contribution in [2.45, 2.75) is 36.1 Å². The maximum atomic E-state index is 13.1. The zero-order valence-electron chi connectivity index (χ0n) is 15.1. The average Bonchev–Trinajstić information content (AvgIpc) is 3.43. The van der Waals surface area contributed by atoms with Gasteiger partial charge >= 0.3 is 0 Å². The normalized spacial score (nSPS) is 23.4. The molecule has 3 aromatic rings. The number of benzene rings is 1. The highest BCUT2D eigenvalue weighted by Gasteiger charge is 2.50. The van der Waals surface area contributed by atoms with Crippen LogP contribution in [0.25, 0.3) is 11.1 Å². The van der Waals surface area contributed by atoms with Crippen molar-refractivity contribution >= 4 is 9.84 Å². The molecule has 140 valence electrons. The van der Waals surface area contributed by atoms with Crippen molar-refractivity contribution in [3.05, 3.63) is 60.3 Å². The predicted molar refractivity (Wildman–Crippen MR) is 101 cm³/mol. The van der Waals surface area contributed by atoms with E-state index in [-0.39, 0.29) is 11.2 Å². The van der Waals surface area contributed by atoms with Crippen LogP contribution < -0.4 is 0 Å². The van der Waals surface area contributed by atoms with Crippen molar-refractivity contribution in [2.75, 3.05) is 13.1 Å². The number of sulfone groups is 1. The second-order valence-corrected chi connectivity index (χ2v) is 9.49. The van der Waals surface area contributed by atoms with Crippen molar-refractivity contribution in [1.82, 2.24) is 14.7 Å². The number of likely N-dealkylation sites (tertiary alicyclic amines) is 1. The maximum Gasteiger partial charge on any atom is 0.183 e. The van der Waals surface area contributed by atoms with Crippen LogP contribution in [0.1, 0.15) is 24.0 Å². The van der Waals surface area contributed by atoms with Crippen LogP contribution in [0.15, 0.2) is 58.5 Å². The Hall–Kier alpha value is -2.38. The molecule has 0 amide bonds. The van der Waals surface area contributed by atoms with Gasteiger partial charge in [-0.3, -0.25) is 9.58 Å². The van der Waals surface area contributed by atoms with Crippen LogP contribution in [-0.2, 0) is 22.9 Å². The topological polar surface area (TPSA) is 68.3 Å². The minimum atomic E-state index is -3.28. The third kappa shape index (κ3) is 2.64. The molecule has 6 nitrogen and oxygen atoms in total. The van der Waals surface area contributed by atoms with Crippen LogP contribution in [0, 0.1) is 0 Å². The Morgan fingerprint density at radius 1 is 1.22 bits per heavy atom. The minimum Gasteiger partial charge on any atom is -0.472 e. The number of hydrogen-bond donors (Lipinski definition) is 0. The summed E-state index contributed by atoms with van der Waals surface area (Å²) in [4.78, 5) is 2.74. The number of furan rings is 1. The molecule has 0 unspecified atom stereocenters. The fraction of sp³-hybridized carbons (Fsp3) is 0.350. The van der Waals surface area contributed by atoms with E-state index in [9.17, 15) is 8.42 Å². The summed E-state index contributed by atoms with van der Waals surface area (Å²) < 4.78 is 33.2. The van der Waals surface area contributed by atoms with Gasteiger partial charge in [-0.1, -0.05) is 6.07 Å². The molecule has 1 fully saturated rings. The van der Waals surface area contributed by atoms with Crippen LogP contribution in [0.2, 0.25) is 0 Å². The number of fused-ring (bicyclic) bond motifs is 3. The molecule has 5 rings (SSSR count). The Bertz CT molecular complexity index is 1090. The fourth-order valence-corrected chi connectivity index (χ4v) is 6.58. The molecule has 2 atom stereocenters. The lowest BCUT2D eigenvalue weighted by Gasteiger charge is -2.16. The summed E-state index contributed by atoms with van der Waals surface area (Å²) in [5.41, 5.74) is 4.05. The molecular formula is C20H21N3O3S. The van der Waals surface area contributed by atoms with Crippen LogP contribution in [-0.4, -0.2) is 41.4 Å². The largest absolute Gasteiger partial charge is 0.472 e. The van der Waals surface area contributed by atoms with Crippen LogP contribution in [0.4, 0.5) is 0 Å². The second-order valence-electron chi connectivity index (χ2n) is 7.35. The van der Waals surface area contributed by atoms with E-state index in [1.807, 2.05) is 35.3 Å². The number of hydrogen-bond acceptors (Lipinski definition) is 5. The quantitative estimate of drug-likeness (QED) is 0.693. The van der Waals surface area contributed by atoms with Gasteiger partial charge in [-0.2, -0.15) is 5.10 Å². The van der Waals surface area contributed by atoms with Crippen LogP contribution in [0.3, 0.4) is 0 Å². The minimum absolute atomic E-state index is 0.0260. The third-order valence-electron chi connectivity index (χ3n) is 5.73. The molecule has 1 aromatic carbocycles. The maximum absolute atomic E-state index is 13.1. The second kappa shape index (κ2) is 6.07. The molecule has 0 bridgehead atoms. The highest BCUT2D eigenvalue weighted by Crippen LogP contribution is 2.46. The van der Waals surface area contributed by atoms with E-state index in [1.165, 1.54) is 0 Å². The van der Waals surface area contributed by atoms with Gasteiger partial charge in [0.15, 0.2) is 9.84 Å². The van der Waals surface area contributed by atoms with Gasteiger partial charge < -0.3 is 4.42 Å². The summed E-state index contributed by atoms with van der Waals surface area (Å²) in [5, 5.41) is 3.96. The predicted octanol–water partition coefficient (Wildman–Crippen LogP) is 2.92. The number of aryl methyl sites for hydroxylation is 1. The van der Waals surface area contributed by atoms with Gasteiger partial charge in [0.2, 0.25) is 0 Å². The Balaban J connectivity index is 1.45. The number of aromatic nitrogens is 2. The number of nitrogens with zero attached hydrogens (tertiary/aromatic N) is 3. The van der Waals surface area contributed by atoms with Crippen LogP contribution >= 0.6 is 0 Å². The van der Waals surface area contributed by atoms with E-state index in [0.29, 0.717) is 11.4 Å². The summed E-state index contributed by atoms with van der Waals surface area (Å²) >= 11 is 0. The first-order valence-corrected chi connectivity index (χ1v) is 10.7. The van der Waals surface area contributed by atoms with Crippen LogP contribution in [0.5, 0.6) is 0 Å². The van der Waals surface area contributed by atoms with Gasteiger partial charge in [-0.15, -0.1) is 0 Å². The molecule has 0 spiro atoms. The first-order valence-electron chi connectivity index (χ1n) is 9.20. The highest BCUT2D eigenvalue weighted by atomic mass is 32.2.